The number of imide groups is 1. The molecule has 1 aromatic heterocycles. The van der Waals surface area contributed by atoms with Crippen LogP contribution < -0.4 is 10.1 Å². The normalized spacial score (nSPS) is 18.2. The van der Waals surface area contributed by atoms with Crippen LogP contribution in [0.15, 0.2) is 71.3 Å². The summed E-state index contributed by atoms with van der Waals surface area (Å²) in [6.45, 7) is 1.57. The van der Waals surface area contributed by atoms with Crippen LogP contribution in [0.5, 0.6) is 5.75 Å². The second-order valence-corrected chi connectivity index (χ2v) is 7.72. The molecule has 1 atom stereocenters. The molecule has 3 aromatic carbocycles. The van der Waals surface area contributed by atoms with Crippen molar-refractivity contribution in [1.82, 2.24) is 20.4 Å². The highest BCUT2D eigenvalue weighted by Gasteiger charge is 2.49. The molecule has 8 heteroatoms. The third-order valence-corrected chi connectivity index (χ3v) is 5.71. The fraction of sp³-hybridized carbons (Fsp3) is 0.167. The summed E-state index contributed by atoms with van der Waals surface area (Å²) in [5.41, 5.74) is 0.174. The van der Waals surface area contributed by atoms with Crippen LogP contribution in [-0.2, 0) is 16.9 Å². The minimum atomic E-state index is -1.19. The minimum Gasteiger partial charge on any atom is -0.496 e. The largest absolute Gasteiger partial charge is 0.496 e. The van der Waals surface area contributed by atoms with Crippen molar-refractivity contribution in [3.63, 3.8) is 0 Å². The summed E-state index contributed by atoms with van der Waals surface area (Å²) in [7, 11) is 1.56. The number of ether oxygens (including phenoxy) is 1. The molecule has 0 radical (unpaired) electrons. The van der Waals surface area contributed by atoms with Gasteiger partial charge in [-0.25, -0.2) is 4.79 Å². The zero-order chi connectivity index (χ0) is 22.3. The summed E-state index contributed by atoms with van der Waals surface area (Å²) in [6, 6.07) is 20.3. The number of carbonyl (C=O) groups is 2. The fourth-order valence-corrected chi connectivity index (χ4v) is 3.93. The molecule has 1 aliphatic rings. The Kier molecular flexibility index (Phi) is 4.62. The van der Waals surface area contributed by atoms with E-state index in [4.69, 9.17) is 9.26 Å². The molecular formula is C24H20N4O4. The molecule has 1 saturated heterocycles. The number of fused-ring (bicyclic) bond motifs is 1. The Hall–Kier alpha value is -4.20. The summed E-state index contributed by atoms with van der Waals surface area (Å²) in [5, 5.41) is 8.85. The van der Waals surface area contributed by atoms with Crippen molar-refractivity contribution in [2.75, 3.05) is 7.11 Å². The van der Waals surface area contributed by atoms with Gasteiger partial charge in [-0.3, -0.25) is 9.69 Å². The summed E-state index contributed by atoms with van der Waals surface area (Å²) in [6.07, 6.45) is 0. The van der Waals surface area contributed by atoms with Gasteiger partial charge in [-0.15, -0.1) is 0 Å². The van der Waals surface area contributed by atoms with Crippen LogP contribution in [0.2, 0.25) is 0 Å². The number of nitrogens with one attached hydrogen (secondary N) is 1. The van der Waals surface area contributed by atoms with Gasteiger partial charge in [0.15, 0.2) is 0 Å². The van der Waals surface area contributed by atoms with Crippen LogP contribution >= 0.6 is 0 Å². The van der Waals surface area contributed by atoms with Gasteiger partial charge in [-0.05, 0) is 41.5 Å². The van der Waals surface area contributed by atoms with Crippen molar-refractivity contribution in [2.24, 2.45) is 0 Å². The predicted molar refractivity (Wildman–Crippen MR) is 117 cm³/mol. The first kappa shape index (κ1) is 19.7. The molecule has 2 heterocycles. The number of para-hydroxylation sites is 1. The Morgan fingerprint density at radius 3 is 2.59 bits per heavy atom. The lowest BCUT2D eigenvalue weighted by atomic mass is 9.90. The van der Waals surface area contributed by atoms with Crippen LogP contribution in [0.25, 0.3) is 22.2 Å². The van der Waals surface area contributed by atoms with E-state index in [0.29, 0.717) is 22.7 Å². The number of methoxy groups -OCH3 is 1. The van der Waals surface area contributed by atoms with Gasteiger partial charge in [0.1, 0.15) is 17.8 Å². The maximum Gasteiger partial charge on any atom is 0.325 e. The van der Waals surface area contributed by atoms with Gasteiger partial charge in [0.25, 0.3) is 5.91 Å². The van der Waals surface area contributed by atoms with E-state index in [1.807, 2.05) is 54.6 Å². The van der Waals surface area contributed by atoms with E-state index in [9.17, 15) is 9.59 Å². The van der Waals surface area contributed by atoms with Gasteiger partial charge in [0.05, 0.1) is 12.7 Å². The number of hydrogen-bond acceptors (Lipinski definition) is 6. The highest BCUT2D eigenvalue weighted by Crippen LogP contribution is 2.32. The predicted octanol–water partition coefficient (Wildman–Crippen LogP) is 3.87. The number of nitrogens with zero attached hydrogens (tertiary/aromatic N) is 3. The number of amides is 3. The molecule has 1 aliphatic heterocycles. The van der Waals surface area contributed by atoms with Crippen molar-refractivity contribution in [3.05, 3.63) is 78.2 Å². The Balaban J connectivity index is 1.41. The van der Waals surface area contributed by atoms with E-state index in [1.165, 1.54) is 0 Å². The summed E-state index contributed by atoms with van der Waals surface area (Å²) >= 11 is 0. The lowest BCUT2D eigenvalue weighted by Gasteiger charge is -2.22. The summed E-state index contributed by atoms with van der Waals surface area (Å²) < 4.78 is 10.7. The smallest absolute Gasteiger partial charge is 0.325 e. The van der Waals surface area contributed by atoms with Crippen molar-refractivity contribution in [3.8, 4) is 17.1 Å². The Bertz CT molecular complexity index is 1350. The molecule has 1 fully saturated rings. The molecule has 0 unspecified atom stereocenters. The second-order valence-electron chi connectivity index (χ2n) is 7.72. The van der Waals surface area contributed by atoms with Gasteiger partial charge < -0.3 is 14.6 Å². The van der Waals surface area contributed by atoms with Crippen LogP contribution in [0.3, 0.4) is 0 Å². The Labute approximate surface area is 183 Å². The number of rotatable bonds is 5. The number of carbonyl (C=O) groups excluding carboxylic acids is 2. The topological polar surface area (TPSA) is 97.6 Å². The molecule has 0 saturated carbocycles. The third-order valence-electron chi connectivity index (χ3n) is 5.71. The first-order chi connectivity index (χ1) is 15.5. The molecule has 8 nitrogen and oxygen atoms in total. The first-order valence-corrected chi connectivity index (χ1v) is 10.1. The van der Waals surface area contributed by atoms with Crippen molar-refractivity contribution < 1.29 is 18.8 Å². The fourth-order valence-electron chi connectivity index (χ4n) is 3.93. The lowest BCUT2D eigenvalue weighted by molar-refractivity contribution is -0.131. The average Bonchev–Trinajstić information content (AvgIpc) is 3.37. The number of urea groups is 1. The maximum atomic E-state index is 13.3. The van der Waals surface area contributed by atoms with E-state index in [-0.39, 0.29) is 18.3 Å². The lowest BCUT2D eigenvalue weighted by Crippen LogP contribution is -2.40. The zero-order valence-electron chi connectivity index (χ0n) is 17.5. The van der Waals surface area contributed by atoms with Crippen LogP contribution in [-0.4, -0.2) is 34.1 Å². The van der Waals surface area contributed by atoms with Crippen LogP contribution in [0.1, 0.15) is 18.4 Å². The SMILES string of the molecule is COc1ccccc1-c1noc(CN2C(=O)N[C@@](C)(c3ccc4ccccc4c3)C2=O)n1. The third kappa shape index (κ3) is 3.17. The molecule has 5 rings (SSSR count). The van der Waals surface area contributed by atoms with Gasteiger partial charge in [-0.1, -0.05) is 53.7 Å². The van der Waals surface area contributed by atoms with Crippen LogP contribution in [0.4, 0.5) is 4.79 Å². The van der Waals surface area contributed by atoms with Gasteiger partial charge in [0.2, 0.25) is 11.7 Å². The Morgan fingerprint density at radius 1 is 1.03 bits per heavy atom. The van der Waals surface area contributed by atoms with E-state index >= 15 is 0 Å². The number of hydrogen-bond donors (Lipinski definition) is 1. The van der Waals surface area contributed by atoms with Gasteiger partial charge in [0, 0.05) is 0 Å². The molecular weight excluding hydrogens is 408 g/mol. The summed E-state index contributed by atoms with van der Waals surface area (Å²) in [4.78, 5) is 31.4. The molecule has 160 valence electrons. The highest BCUT2D eigenvalue weighted by atomic mass is 16.5. The number of benzene rings is 3. The first-order valence-electron chi connectivity index (χ1n) is 10.1. The van der Waals surface area contributed by atoms with Crippen molar-refractivity contribution >= 4 is 22.7 Å². The van der Waals surface area contributed by atoms with E-state index < -0.39 is 11.6 Å². The summed E-state index contributed by atoms with van der Waals surface area (Å²) in [5.74, 6) is 0.688. The average molecular weight is 428 g/mol. The zero-order valence-corrected chi connectivity index (χ0v) is 17.5. The van der Waals surface area contributed by atoms with Gasteiger partial charge in [-0.2, -0.15) is 4.98 Å². The quantitative estimate of drug-likeness (QED) is 0.485. The highest BCUT2D eigenvalue weighted by molar-refractivity contribution is 6.07. The van der Waals surface area contributed by atoms with Crippen molar-refractivity contribution in [2.45, 2.75) is 19.0 Å². The molecule has 4 aromatic rings. The Morgan fingerprint density at radius 2 is 1.78 bits per heavy atom. The molecule has 32 heavy (non-hydrogen) atoms. The number of aromatic nitrogens is 2. The molecule has 0 aliphatic carbocycles. The monoisotopic (exact) mass is 428 g/mol. The van der Waals surface area contributed by atoms with Gasteiger partial charge >= 0.3 is 6.03 Å². The van der Waals surface area contributed by atoms with Crippen molar-refractivity contribution in [1.29, 1.82) is 0 Å². The minimum absolute atomic E-state index is 0.129. The van der Waals surface area contributed by atoms with Crippen LogP contribution in [0, 0.1) is 0 Å². The molecule has 0 bridgehead atoms. The second kappa shape index (κ2) is 7.49. The van der Waals surface area contributed by atoms with E-state index in [0.717, 1.165) is 15.7 Å². The van der Waals surface area contributed by atoms with E-state index in [2.05, 4.69) is 15.5 Å². The molecule has 0 spiro atoms. The maximum absolute atomic E-state index is 13.3. The standard InChI is InChI=1S/C24H20N4O4/c1-24(17-12-11-15-7-3-4-8-16(15)13-17)22(29)28(23(30)26-24)14-20-25-21(27-32-20)18-9-5-6-10-19(18)31-2/h3-13H,14H2,1-2H3,(H,26,30)/t24-/m0/s1. The van der Waals surface area contributed by atoms with E-state index in [1.54, 1.807) is 26.2 Å². The molecule has 1 N–H and O–H groups in total. The molecule has 3 amide bonds.